The first kappa shape index (κ1) is 26.7. The number of hydrogen-bond acceptors (Lipinski definition) is 4. The molecule has 0 aromatic carbocycles. The molecule has 0 aliphatic carbocycles. The summed E-state index contributed by atoms with van der Waals surface area (Å²) in [5, 5.41) is 0. The van der Waals surface area contributed by atoms with Crippen molar-refractivity contribution in [2.75, 3.05) is 53.5 Å². The Morgan fingerprint density at radius 1 is 1.06 bits per heavy atom. The van der Waals surface area contributed by atoms with Crippen LogP contribution in [0.3, 0.4) is 0 Å². The summed E-state index contributed by atoms with van der Waals surface area (Å²) in [7, 11) is 4.07. The summed E-state index contributed by atoms with van der Waals surface area (Å²) >= 11 is 0. The van der Waals surface area contributed by atoms with Crippen LogP contribution in [0.1, 0.15) is 80.6 Å². The second-order valence-electron chi connectivity index (χ2n) is 11.9. The van der Waals surface area contributed by atoms with Crippen LogP contribution in [0.5, 0.6) is 0 Å². The molecule has 2 heterocycles. The van der Waals surface area contributed by atoms with Gasteiger partial charge in [-0.05, 0) is 38.3 Å². The van der Waals surface area contributed by atoms with E-state index in [2.05, 4.69) is 71.4 Å². The molecule has 0 aromatic rings. The fourth-order valence-electron chi connectivity index (χ4n) is 6.21. The van der Waals surface area contributed by atoms with Crippen molar-refractivity contribution >= 4 is 0 Å². The maximum Gasteiger partial charge on any atom is 0.134 e. The molecule has 0 spiro atoms. The first-order chi connectivity index (χ1) is 14.5. The first-order valence-electron chi connectivity index (χ1n) is 12.8. The van der Waals surface area contributed by atoms with Gasteiger partial charge < -0.3 is 14.4 Å². The lowest BCUT2D eigenvalue weighted by Crippen LogP contribution is -2.39. The van der Waals surface area contributed by atoms with Crippen LogP contribution in [0.4, 0.5) is 0 Å². The summed E-state index contributed by atoms with van der Waals surface area (Å²) in [6.07, 6.45) is 8.24. The van der Waals surface area contributed by atoms with Crippen molar-refractivity contribution in [1.29, 1.82) is 0 Å². The molecule has 0 radical (unpaired) electrons. The number of allylic oxidation sites excluding steroid dienone is 2. The molecule has 2 fully saturated rings. The quantitative estimate of drug-likeness (QED) is 0.339. The summed E-state index contributed by atoms with van der Waals surface area (Å²) in [5.41, 5.74) is 0.855. The molecular formula is C27H52N2O2. The highest BCUT2D eigenvalue weighted by Gasteiger charge is 2.56. The largest absolute Gasteiger partial charge is 0.491 e. The van der Waals surface area contributed by atoms with E-state index in [0.717, 1.165) is 32.0 Å². The van der Waals surface area contributed by atoms with Crippen LogP contribution in [-0.2, 0) is 9.47 Å². The molecule has 31 heavy (non-hydrogen) atoms. The molecule has 2 aliphatic rings. The van der Waals surface area contributed by atoms with E-state index < -0.39 is 0 Å². The van der Waals surface area contributed by atoms with Crippen molar-refractivity contribution < 1.29 is 9.47 Å². The van der Waals surface area contributed by atoms with Crippen LogP contribution in [0.2, 0.25) is 0 Å². The van der Waals surface area contributed by atoms with Crippen molar-refractivity contribution in [3.05, 3.63) is 11.8 Å². The van der Waals surface area contributed by atoms with Crippen LogP contribution in [0.15, 0.2) is 11.8 Å². The minimum atomic E-state index is 0.0850. The zero-order valence-corrected chi connectivity index (χ0v) is 22.2. The predicted molar refractivity (Wildman–Crippen MR) is 132 cm³/mol. The van der Waals surface area contributed by atoms with E-state index in [1.807, 2.05) is 0 Å². The second-order valence-corrected chi connectivity index (χ2v) is 11.9. The molecule has 4 unspecified atom stereocenters. The Balaban J connectivity index is 2.13. The Bertz CT molecular complexity index is 572. The molecule has 0 saturated carbocycles. The maximum absolute atomic E-state index is 6.84. The average molecular weight is 437 g/mol. The minimum absolute atomic E-state index is 0.0850. The Morgan fingerprint density at radius 2 is 1.68 bits per heavy atom. The zero-order valence-electron chi connectivity index (χ0n) is 22.2. The Morgan fingerprint density at radius 3 is 2.16 bits per heavy atom. The summed E-state index contributed by atoms with van der Waals surface area (Å²) in [6.45, 7) is 22.9. The molecule has 0 N–H and O–H groups in total. The minimum Gasteiger partial charge on any atom is -0.491 e. The average Bonchev–Trinajstić information content (AvgIpc) is 3.01. The highest BCUT2D eigenvalue weighted by Crippen LogP contribution is 2.51. The summed E-state index contributed by atoms with van der Waals surface area (Å²) in [5.74, 6) is 1.92. The Kier molecular flexibility index (Phi) is 9.49. The number of fused-ring (bicyclic) bond motifs is 1. The third-order valence-corrected chi connectivity index (χ3v) is 8.01. The molecule has 4 heteroatoms. The van der Waals surface area contributed by atoms with Gasteiger partial charge in [-0.3, -0.25) is 4.90 Å². The van der Waals surface area contributed by atoms with Gasteiger partial charge in [-0.2, -0.15) is 0 Å². The van der Waals surface area contributed by atoms with Gasteiger partial charge in [0.15, 0.2) is 0 Å². The number of hydrogen-bond donors (Lipinski definition) is 0. The third-order valence-electron chi connectivity index (χ3n) is 8.01. The smallest absolute Gasteiger partial charge is 0.134 e. The topological polar surface area (TPSA) is 24.9 Å². The summed E-state index contributed by atoms with van der Waals surface area (Å²) in [6, 6.07) is 0. The molecule has 0 bridgehead atoms. The van der Waals surface area contributed by atoms with Gasteiger partial charge in [-0.15, -0.1) is 0 Å². The van der Waals surface area contributed by atoms with E-state index in [4.69, 9.17) is 9.47 Å². The van der Waals surface area contributed by atoms with Gasteiger partial charge in [0, 0.05) is 56.1 Å². The lowest BCUT2D eigenvalue weighted by Gasteiger charge is -2.36. The van der Waals surface area contributed by atoms with Crippen molar-refractivity contribution in [2.24, 2.45) is 22.2 Å². The first-order valence-corrected chi connectivity index (χ1v) is 12.8. The molecule has 182 valence electrons. The van der Waals surface area contributed by atoms with Crippen LogP contribution >= 0.6 is 0 Å². The van der Waals surface area contributed by atoms with Gasteiger partial charge in [0.2, 0.25) is 0 Å². The molecule has 2 aliphatic heterocycles. The number of rotatable bonds is 13. The molecular weight excluding hydrogens is 384 g/mol. The molecule has 2 saturated heterocycles. The highest BCUT2D eigenvalue weighted by molar-refractivity contribution is 5.10. The summed E-state index contributed by atoms with van der Waals surface area (Å²) in [4.78, 5) is 5.15. The highest BCUT2D eigenvalue weighted by atomic mass is 16.5. The Hall–Kier alpha value is -0.580. The SMILES string of the molecule is CC/C=C(\OC(COC)CN1CC2(C)CN(C)CC2(C)C1)C(C)(CCC)CCC(C)C. The van der Waals surface area contributed by atoms with Gasteiger partial charge in [0.05, 0.1) is 12.4 Å². The number of methoxy groups -OCH3 is 1. The lowest BCUT2D eigenvalue weighted by atomic mass is 9.71. The van der Waals surface area contributed by atoms with Crippen molar-refractivity contribution in [3.8, 4) is 0 Å². The lowest BCUT2D eigenvalue weighted by molar-refractivity contribution is -0.0112. The fourth-order valence-corrected chi connectivity index (χ4v) is 6.21. The maximum atomic E-state index is 6.84. The number of ether oxygens (including phenoxy) is 2. The fraction of sp³-hybridized carbons (Fsp3) is 0.926. The standard InChI is InChI=1S/C27H52N2O2/c1-10-12-24(25(5,14-11-2)15-13-22(3)4)31-23(17-30-9)16-29-20-26(6)18-28(8)19-27(26,7)21-29/h12,22-23H,10-11,13-21H2,1-9H3/b24-12-. The third kappa shape index (κ3) is 6.48. The van der Waals surface area contributed by atoms with Crippen molar-refractivity contribution in [3.63, 3.8) is 0 Å². The van der Waals surface area contributed by atoms with Crippen LogP contribution in [-0.4, -0.2) is 69.4 Å². The van der Waals surface area contributed by atoms with E-state index in [-0.39, 0.29) is 11.5 Å². The van der Waals surface area contributed by atoms with E-state index in [1.54, 1.807) is 7.11 Å². The second kappa shape index (κ2) is 11.0. The van der Waals surface area contributed by atoms with Crippen LogP contribution in [0.25, 0.3) is 0 Å². The van der Waals surface area contributed by atoms with Gasteiger partial charge in [0.1, 0.15) is 6.10 Å². The van der Waals surface area contributed by atoms with Gasteiger partial charge >= 0.3 is 0 Å². The van der Waals surface area contributed by atoms with Crippen molar-refractivity contribution in [2.45, 2.75) is 86.7 Å². The zero-order chi connectivity index (χ0) is 23.3. The molecule has 0 amide bonds. The van der Waals surface area contributed by atoms with E-state index in [0.29, 0.717) is 17.4 Å². The molecule has 4 atom stereocenters. The van der Waals surface area contributed by atoms with Gasteiger partial charge in [0.25, 0.3) is 0 Å². The van der Waals surface area contributed by atoms with Gasteiger partial charge in [-0.25, -0.2) is 0 Å². The summed E-state index contributed by atoms with van der Waals surface area (Å²) < 4.78 is 12.5. The molecule has 2 rings (SSSR count). The molecule has 0 aromatic heterocycles. The normalized spacial score (nSPS) is 30.6. The predicted octanol–water partition coefficient (Wildman–Crippen LogP) is 5.83. The van der Waals surface area contributed by atoms with Crippen LogP contribution < -0.4 is 0 Å². The monoisotopic (exact) mass is 436 g/mol. The van der Waals surface area contributed by atoms with Gasteiger partial charge in [-0.1, -0.05) is 61.3 Å². The van der Waals surface area contributed by atoms with E-state index in [1.165, 1.54) is 44.5 Å². The molecule has 4 nitrogen and oxygen atoms in total. The number of likely N-dealkylation sites (tertiary alicyclic amines) is 2. The van der Waals surface area contributed by atoms with Crippen LogP contribution in [0, 0.1) is 22.2 Å². The van der Waals surface area contributed by atoms with E-state index >= 15 is 0 Å². The van der Waals surface area contributed by atoms with E-state index in [9.17, 15) is 0 Å². The number of nitrogens with zero attached hydrogens (tertiary/aromatic N) is 2. The van der Waals surface area contributed by atoms with Crippen molar-refractivity contribution in [1.82, 2.24) is 9.80 Å². The Labute approximate surface area is 193 Å².